The zero-order chi connectivity index (χ0) is 36.5. The number of unbranched alkanes of at least 4 members (excludes halogenated alkanes) is 1. The van der Waals surface area contributed by atoms with E-state index in [0.29, 0.717) is 12.6 Å². The van der Waals surface area contributed by atoms with Crippen molar-refractivity contribution < 1.29 is 9.47 Å². The maximum absolute atomic E-state index is 6.61. The molecule has 6 nitrogen and oxygen atoms in total. The first kappa shape index (κ1) is 38.4. The number of benzene rings is 3. The fourth-order valence-corrected chi connectivity index (χ4v) is 8.39. The Morgan fingerprint density at radius 1 is 0.750 bits per heavy atom. The Labute approximate surface area is 314 Å². The first-order chi connectivity index (χ1) is 25.2. The molecule has 0 bridgehead atoms. The number of ether oxygens (including phenoxy) is 2. The zero-order valence-corrected chi connectivity index (χ0v) is 33.3. The molecule has 4 aromatic rings. The lowest BCUT2D eigenvalue weighted by Gasteiger charge is -2.31. The van der Waals surface area contributed by atoms with E-state index in [1.165, 1.54) is 80.9 Å². The Hall–Kier alpha value is -3.35. The van der Waals surface area contributed by atoms with Crippen LogP contribution < -0.4 is 9.47 Å². The Bertz CT molecular complexity index is 1690. The van der Waals surface area contributed by atoms with Gasteiger partial charge < -0.3 is 23.8 Å². The molecule has 0 saturated heterocycles. The second-order valence-electron chi connectivity index (χ2n) is 16.8. The molecular formula is C46H66N4O2. The van der Waals surface area contributed by atoms with Gasteiger partial charge in [-0.1, -0.05) is 96.9 Å². The van der Waals surface area contributed by atoms with Gasteiger partial charge in [-0.25, -0.2) is 4.98 Å². The molecule has 0 spiro atoms. The quantitative estimate of drug-likeness (QED) is 0.116. The van der Waals surface area contributed by atoms with Crippen LogP contribution in [0.4, 0.5) is 0 Å². The van der Waals surface area contributed by atoms with Gasteiger partial charge in [0.1, 0.15) is 29.7 Å². The predicted molar refractivity (Wildman–Crippen MR) is 218 cm³/mol. The van der Waals surface area contributed by atoms with Gasteiger partial charge in [-0.3, -0.25) is 0 Å². The summed E-state index contributed by atoms with van der Waals surface area (Å²) in [7, 11) is 4.61. The number of nitrogens with zero attached hydrogens (tertiary/aromatic N) is 4. The van der Waals surface area contributed by atoms with Gasteiger partial charge in [-0.05, 0) is 112 Å². The second kappa shape index (κ2) is 18.1. The van der Waals surface area contributed by atoms with E-state index >= 15 is 0 Å². The Morgan fingerprint density at radius 3 is 2.08 bits per heavy atom. The van der Waals surface area contributed by atoms with Crippen LogP contribution in [-0.4, -0.2) is 65.2 Å². The first-order valence-corrected chi connectivity index (χ1v) is 20.6. The number of aryl methyl sites for hydroxylation is 2. The first-order valence-electron chi connectivity index (χ1n) is 20.6. The molecule has 1 aromatic heterocycles. The lowest BCUT2D eigenvalue weighted by molar-refractivity contribution is 0.160. The van der Waals surface area contributed by atoms with Crippen LogP contribution in [0.25, 0.3) is 22.4 Å². The average Bonchev–Trinajstić information content (AvgIpc) is 3.53. The van der Waals surface area contributed by atoms with E-state index in [-0.39, 0.29) is 5.41 Å². The minimum absolute atomic E-state index is 0.108. The highest BCUT2D eigenvalue weighted by molar-refractivity contribution is 5.85. The summed E-state index contributed by atoms with van der Waals surface area (Å²) >= 11 is 0. The summed E-state index contributed by atoms with van der Waals surface area (Å²) in [5.74, 6) is 3.65. The molecule has 3 aromatic carbocycles. The van der Waals surface area contributed by atoms with E-state index in [0.717, 1.165) is 85.5 Å². The van der Waals surface area contributed by atoms with Crippen molar-refractivity contribution >= 4 is 11.0 Å². The van der Waals surface area contributed by atoms with Crippen LogP contribution in [0, 0.1) is 0 Å². The molecule has 2 aliphatic rings. The van der Waals surface area contributed by atoms with Gasteiger partial charge in [0.2, 0.25) is 0 Å². The number of rotatable bonds is 16. The molecule has 0 atom stereocenters. The van der Waals surface area contributed by atoms with Crippen LogP contribution in [-0.2, 0) is 18.4 Å². The van der Waals surface area contributed by atoms with Crippen molar-refractivity contribution in [3.8, 4) is 28.6 Å². The molecule has 0 amide bonds. The predicted octanol–water partition coefficient (Wildman–Crippen LogP) is 11.4. The molecule has 2 fully saturated rings. The third-order valence-corrected chi connectivity index (χ3v) is 11.8. The minimum Gasteiger partial charge on any atom is -0.492 e. The molecule has 0 N–H and O–H groups in total. The standard InChI is InChI=1S/C46H66N4O2/c1-7-8-29-50-43-34-42(51-31-30-49(6)39-21-13-10-14-22-39)32-35(18-16-28-48(5)38-19-11-9-12-20-38)44(43)47-45(50)36-17-15-23-41(33-36)52-40-26-24-37(25-27-40)46(2,3)4/h15,17,23-27,32-34,38-39H,7-14,16,18-22,28-31H2,1-6H3. The van der Waals surface area contributed by atoms with Crippen molar-refractivity contribution in [3.63, 3.8) is 0 Å². The van der Waals surface area contributed by atoms with Gasteiger partial charge in [-0.2, -0.15) is 0 Å². The smallest absolute Gasteiger partial charge is 0.141 e. The molecule has 0 radical (unpaired) electrons. The Kier molecular flexibility index (Phi) is 13.4. The maximum atomic E-state index is 6.61. The van der Waals surface area contributed by atoms with E-state index in [4.69, 9.17) is 14.5 Å². The van der Waals surface area contributed by atoms with E-state index in [9.17, 15) is 0 Å². The molecule has 6 heteroatoms. The number of hydrogen-bond donors (Lipinski definition) is 0. The van der Waals surface area contributed by atoms with Crippen LogP contribution in [0.2, 0.25) is 0 Å². The van der Waals surface area contributed by atoms with Crippen LogP contribution in [0.3, 0.4) is 0 Å². The Morgan fingerprint density at radius 2 is 1.42 bits per heavy atom. The SMILES string of the molecule is CCCCn1c(-c2cccc(Oc3ccc(C(C)(C)C)cc3)c2)nc2c(CCCN(C)C3CCCCC3)cc(OCCN(C)C3CCCCC3)cc21. The third-order valence-electron chi connectivity index (χ3n) is 11.8. The Balaban J connectivity index is 1.28. The fraction of sp³-hybridized carbons (Fsp3) is 0.587. The van der Waals surface area contributed by atoms with Crippen molar-refractivity contribution in [1.29, 1.82) is 0 Å². The summed E-state index contributed by atoms with van der Waals surface area (Å²) in [6, 6.07) is 23.0. The lowest BCUT2D eigenvalue weighted by Crippen LogP contribution is -2.36. The van der Waals surface area contributed by atoms with Gasteiger partial charge in [0.25, 0.3) is 0 Å². The second-order valence-corrected chi connectivity index (χ2v) is 16.8. The molecule has 6 rings (SSSR count). The highest BCUT2D eigenvalue weighted by Crippen LogP contribution is 2.35. The largest absolute Gasteiger partial charge is 0.492 e. The van der Waals surface area contributed by atoms with E-state index < -0.39 is 0 Å². The number of likely N-dealkylation sites (N-methyl/N-ethyl adjacent to an activating group) is 1. The van der Waals surface area contributed by atoms with E-state index in [1.54, 1.807) is 0 Å². The van der Waals surface area contributed by atoms with Gasteiger partial charge in [0.05, 0.1) is 11.0 Å². The molecular weight excluding hydrogens is 641 g/mol. The summed E-state index contributed by atoms with van der Waals surface area (Å²) in [5, 5.41) is 0. The summed E-state index contributed by atoms with van der Waals surface area (Å²) in [5.41, 5.74) is 6.08. The summed E-state index contributed by atoms with van der Waals surface area (Å²) in [6.07, 6.45) is 17.9. The molecule has 2 saturated carbocycles. The van der Waals surface area contributed by atoms with Gasteiger partial charge >= 0.3 is 0 Å². The monoisotopic (exact) mass is 707 g/mol. The van der Waals surface area contributed by atoms with Crippen molar-refractivity contribution in [1.82, 2.24) is 19.4 Å². The lowest BCUT2D eigenvalue weighted by atomic mass is 9.87. The molecule has 1 heterocycles. The van der Waals surface area contributed by atoms with E-state index in [2.05, 4.69) is 111 Å². The number of aromatic nitrogens is 2. The summed E-state index contributed by atoms with van der Waals surface area (Å²) in [6.45, 7) is 12.7. The highest BCUT2D eigenvalue weighted by atomic mass is 16.5. The van der Waals surface area contributed by atoms with Crippen LogP contribution in [0.1, 0.15) is 122 Å². The number of imidazole rings is 1. The summed E-state index contributed by atoms with van der Waals surface area (Å²) < 4.78 is 15.5. The highest BCUT2D eigenvalue weighted by Gasteiger charge is 2.22. The normalized spacial score (nSPS) is 16.3. The zero-order valence-electron chi connectivity index (χ0n) is 33.3. The van der Waals surface area contributed by atoms with Crippen LogP contribution in [0.5, 0.6) is 17.2 Å². The molecule has 52 heavy (non-hydrogen) atoms. The third kappa shape index (κ3) is 9.99. The van der Waals surface area contributed by atoms with Crippen LogP contribution >= 0.6 is 0 Å². The van der Waals surface area contributed by atoms with Gasteiger partial charge in [-0.15, -0.1) is 0 Å². The number of fused-ring (bicyclic) bond motifs is 1. The fourth-order valence-electron chi connectivity index (χ4n) is 8.39. The van der Waals surface area contributed by atoms with Gasteiger partial charge in [0.15, 0.2) is 0 Å². The van der Waals surface area contributed by atoms with E-state index in [1.807, 2.05) is 6.07 Å². The maximum Gasteiger partial charge on any atom is 0.141 e. The van der Waals surface area contributed by atoms with Gasteiger partial charge in [0, 0.05) is 36.8 Å². The van der Waals surface area contributed by atoms with Crippen molar-refractivity contribution in [3.05, 3.63) is 71.8 Å². The summed E-state index contributed by atoms with van der Waals surface area (Å²) in [4.78, 5) is 10.6. The topological polar surface area (TPSA) is 42.8 Å². The number of hydrogen-bond acceptors (Lipinski definition) is 5. The molecule has 0 unspecified atom stereocenters. The van der Waals surface area contributed by atoms with Crippen molar-refractivity contribution in [2.75, 3.05) is 33.8 Å². The molecule has 282 valence electrons. The average molecular weight is 707 g/mol. The van der Waals surface area contributed by atoms with Crippen LogP contribution in [0.15, 0.2) is 60.7 Å². The molecule has 0 aliphatic heterocycles. The van der Waals surface area contributed by atoms with Crippen molar-refractivity contribution in [2.45, 2.75) is 142 Å². The molecule has 2 aliphatic carbocycles. The minimum atomic E-state index is 0.108. The van der Waals surface area contributed by atoms with Crippen molar-refractivity contribution in [2.24, 2.45) is 0 Å².